The summed E-state index contributed by atoms with van der Waals surface area (Å²) in [6.07, 6.45) is 1.89. The maximum absolute atomic E-state index is 10.1. The lowest BCUT2D eigenvalue weighted by molar-refractivity contribution is -0.136. The van der Waals surface area contributed by atoms with E-state index in [4.69, 9.17) is 14.6 Å². The minimum atomic E-state index is -0.804. The molecule has 1 N–H and O–H groups in total. The van der Waals surface area contributed by atoms with Crippen LogP contribution in [0.5, 0.6) is 0 Å². The summed E-state index contributed by atoms with van der Waals surface area (Å²) >= 11 is 0. The number of aliphatic carboxylic acids is 1. The molecule has 0 aromatic carbocycles. The number of carbonyl (C=O) groups is 1. The largest absolute Gasteiger partial charge is 0.481 e. The van der Waals surface area contributed by atoms with E-state index < -0.39 is 5.97 Å². The van der Waals surface area contributed by atoms with Gasteiger partial charge in [-0.2, -0.15) is 0 Å². The molecule has 0 bridgehead atoms. The highest BCUT2D eigenvalue weighted by atomic mass is 16.7. The van der Waals surface area contributed by atoms with Crippen molar-refractivity contribution < 1.29 is 19.4 Å². The van der Waals surface area contributed by atoms with Gasteiger partial charge in [-0.1, -0.05) is 0 Å². The normalized spacial score (nSPS) is 16.3. The van der Waals surface area contributed by atoms with Crippen LogP contribution in [0.25, 0.3) is 0 Å². The van der Waals surface area contributed by atoms with Gasteiger partial charge in [0.15, 0.2) is 6.29 Å². The van der Waals surface area contributed by atoms with Gasteiger partial charge < -0.3 is 14.6 Å². The lowest BCUT2D eigenvalue weighted by atomic mass is 10.2. The summed E-state index contributed by atoms with van der Waals surface area (Å²) in [6.45, 7) is 1.33. The van der Waals surface area contributed by atoms with Crippen LogP contribution in [0.2, 0.25) is 0 Å². The molecule has 0 aliphatic carbocycles. The van der Waals surface area contributed by atoms with Crippen molar-refractivity contribution >= 4 is 5.97 Å². The molecule has 4 heteroatoms. The molecule has 0 radical (unpaired) electrons. The predicted molar refractivity (Wildman–Crippen MR) is 49.6 cm³/mol. The summed E-state index contributed by atoms with van der Waals surface area (Å²) in [5.74, 6) is 4.89. The van der Waals surface area contributed by atoms with E-state index in [9.17, 15) is 4.79 Å². The fourth-order valence-corrected chi connectivity index (χ4v) is 1.11. The van der Waals surface area contributed by atoms with Crippen LogP contribution < -0.4 is 0 Å². The van der Waals surface area contributed by atoms with Crippen molar-refractivity contribution in [2.45, 2.75) is 32.0 Å². The van der Waals surface area contributed by atoms with E-state index in [1.807, 2.05) is 0 Å². The van der Waals surface area contributed by atoms with Crippen molar-refractivity contribution in [3.05, 3.63) is 0 Å². The molecule has 0 aromatic heterocycles. The monoisotopic (exact) mass is 198 g/mol. The van der Waals surface area contributed by atoms with Crippen LogP contribution in [-0.2, 0) is 14.3 Å². The van der Waals surface area contributed by atoms with Gasteiger partial charge in [0, 0.05) is 19.3 Å². The molecule has 4 nitrogen and oxygen atoms in total. The minimum Gasteiger partial charge on any atom is -0.481 e. The predicted octanol–water partition coefficient (Wildman–Crippen LogP) is 1.01. The first-order chi connectivity index (χ1) is 6.79. The van der Waals surface area contributed by atoms with E-state index >= 15 is 0 Å². The first-order valence-corrected chi connectivity index (χ1v) is 4.70. The number of carboxylic acid groups (broad SMARTS) is 1. The van der Waals surface area contributed by atoms with Crippen molar-refractivity contribution in [3.63, 3.8) is 0 Å². The van der Waals surface area contributed by atoms with E-state index in [1.165, 1.54) is 0 Å². The highest BCUT2D eigenvalue weighted by Gasteiger charge is 2.13. The fraction of sp³-hybridized carbons (Fsp3) is 0.700. The highest BCUT2D eigenvalue weighted by Crippen LogP contribution is 2.09. The third kappa shape index (κ3) is 4.85. The van der Waals surface area contributed by atoms with Crippen LogP contribution in [0.15, 0.2) is 0 Å². The molecule has 1 saturated heterocycles. The second kappa shape index (κ2) is 6.41. The number of hydrogen-bond acceptors (Lipinski definition) is 3. The van der Waals surface area contributed by atoms with Gasteiger partial charge in [0.05, 0.1) is 19.6 Å². The number of rotatable bonds is 4. The van der Waals surface area contributed by atoms with E-state index in [-0.39, 0.29) is 12.7 Å². The lowest BCUT2D eigenvalue weighted by Gasteiger charge is -2.04. The molecule has 1 heterocycles. The van der Waals surface area contributed by atoms with Gasteiger partial charge in [-0.3, -0.25) is 4.79 Å². The van der Waals surface area contributed by atoms with Crippen molar-refractivity contribution in [2.24, 2.45) is 0 Å². The Morgan fingerprint density at radius 3 is 2.57 bits per heavy atom. The Morgan fingerprint density at radius 1 is 1.29 bits per heavy atom. The zero-order chi connectivity index (χ0) is 10.2. The van der Waals surface area contributed by atoms with Crippen molar-refractivity contribution in [1.29, 1.82) is 0 Å². The van der Waals surface area contributed by atoms with Crippen molar-refractivity contribution in [2.75, 3.05) is 13.2 Å². The molecular formula is C10H14O4. The maximum Gasteiger partial charge on any atom is 0.304 e. The van der Waals surface area contributed by atoms with Crippen molar-refractivity contribution in [1.82, 2.24) is 0 Å². The molecule has 0 atom stereocenters. The van der Waals surface area contributed by atoms with E-state index in [0.29, 0.717) is 26.1 Å². The molecule has 1 aliphatic rings. The van der Waals surface area contributed by atoms with Crippen LogP contribution in [0.1, 0.15) is 25.7 Å². The third-order valence-electron chi connectivity index (χ3n) is 1.78. The van der Waals surface area contributed by atoms with E-state index in [0.717, 1.165) is 6.42 Å². The zero-order valence-corrected chi connectivity index (χ0v) is 7.99. The standard InChI is InChI=1S/C10H14O4/c11-9(12)5-3-1-2-4-6-10-13-7-8-14-10/h10H,3-8H2,(H,11,12). The molecule has 1 fully saturated rings. The Kier molecular flexibility index (Phi) is 5.05. The number of hydrogen-bond donors (Lipinski definition) is 1. The number of ether oxygens (including phenoxy) is 2. The molecule has 78 valence electrons. The van der Waals surface area contributed by atoms with E-state index in [1.54, 1.807) is 0 Å². The molecule has 0 spiro atoms. The Morgan fingerprint density at radius 2 is 1.93 bits per heavy atom. The summed E-state index contributed by atoms with van der Waals surface area (Å²) < 4.78 is 10.4. The molecule has 0 aromatic rings. The fourth-order valence-electron chi connectivity index (χ4n) is 1.11. The second-order valence-electron chi connectivity index (χ2n) is 2.96. The Labute approximate surface area is 83.2 Å². The Balaban J connectivity index is 1.98. The van der Waals surface area contributed by atoms with Crippen LogP contribution in [0.3, 0.4) is 0 Å². The molecule has 14 heavy (non-hydrogen) atoms. The molecule has 0 amide bonds. The molecule has 0 saturated carbocycles. The van der Waals surface area contributed by atoms with Crippen molar-refractivity contribution in [3.8, 4) is 11.8 Å². The summed E-state index contributed by atoms with van der Waals surface area (Å²) in [5.41, 5.74) is 0. The van der Waals surface area contributed by atoms with Gasteiger partial charge in [-0.05, 0) is 0 Å². The minimum absolute atomic E-state index is 0.108. The van der Waals surface area contributed by atoms with Crippen LogP contribution in [-0.4, -0.2) is 30.6 Å². The van der Waals surface area contributed by atoms with Crippen LogP contribution >= 0.6 is 0 Å². The quantitative estimate of drug-likeness (QED) is 0.685. The van der Waals surface area contributed by atoms with Gasteiger partial charge >= 0.3 is 5.97 Å². The average molecular weight is 198 g/mol. The van der Waals surface area contributed by atoms with Gasteiger partial charge in [0.25, 0.3) is 0 Å². The van der Waals surface area contributed by atoms with Gasteiger partial charge in [-0.15, -0.1) is 11.8 Å². The van der Waals surface area contributed by atoms with Gasteiger partial charge in [0.2, 0.25) is 0 Å². The zero-order valence-electron chi connectivity index (χ0n) is 7.99. The Bertz CT molecular complexity index is 232. The highest BCUT2D eigenvalue weighted by molar-refractivity contribution is 5.66. The summed E-state index contributed by atoms with van der Waals surface area (Å²) in [5, 5.41) is 8.33. The SMILES string of the molecule is O=C(O)CCC#CCCC1OCCO1. The first kappa shape index (κ1) is 11.0. The second-order valence-corrected chi connectivity index (χ2v) is 2.96. The molecule has 1 rings (SSSR count). The Hall–Kier alpha value is -1.05. The lowest BCUT2D eigenvalue weighted by Crippen LogP contribution is -2.05. The average Bonchev–Trinajstić information content (AvgIpc) is 2.63. The summed E-state index contributed by atoms with van der Waals surface area (Å²) in [4.78, 5) is 10.1. The summed E-state index contributed by atoms with van der Waals surface area (Å²) in [6, 6.07) is 0. The maximum atomic E-state index is 10.1. The first-order valence-electron chi connectivity index (χ1n) is 4.70. The van der Waals surface area contributed by atoms with E-state index in [2.05, 4.69) is 11.8 Å². The number of carboxylic acids is 1. The molecule has 1 aliphatic heterocycles. The summed E-state index contributed by atoms with van der Waals surface area (Å²) in [7, 11) is 0. The molecular weight excluding hydrogens is 184 g/mol. The molecule has 0 unspecified atom stereocenters. The van der Waals surface area contributed by atoms with Crippen LogP contribution in [0.4, 0.5) is 0 Å². The van der Waals surface area contributed by atoms with Gasteiger partial charge in [0.1, 0.15) is 0 Å². The third-order valence-corrected chi connectivity index (χ3v) is 1.78. The van der Waals surface area contributed by atoms with Crippen LogP contribution in [0, 0.1) is 11.8 Å². The van der Waals surface area contributed by atoms with Gasteiger partial charge in [-0.25, -0.2) is 0 Å². The smallest absolute Gasteiger partial charge is 0.304 e. The topological polar surface area (TPSA) is 55.8 Å².